The number of hydrogen-bond donors (Lipinski definition) is 7. The van der Waals surface area contributed by atoms with Crippen LogP contribution in [0.1, 0.15) is 129 Å². The fourth-order valence-electron chi connectivity index (χ4n) is 15.4. The van der Waals surface area contributed by atoms with Crippen LogP contribution in [0.5, 0.6) is 0 Å². The predicted molar refractivity (Wildman–Crippen MR) is 263 cm³/mol. The Morgan fingerprint density at radius 3 is 1.81 bits per heavy atom. The van der Waals surface area contributed by atoms with Gasteiger partial charge in [-0.2, -0.15) is 0 Å². The highest BCUT2D eigenvalue weighted by atomic mass is 16.8. The van der Waals surface area contributed by atoms with Crippen LogP contribution in [-0.4, -0.2) is 203 Å². The Morgan fingerprint density at radius 1 is 0.640 bits per heavy atom. The summed E-state index contributed by atoms with van der Waals surface area (Å²) in [5, 5.41) is 82.3. The lowest BCUT2D eigenvalue weighted by Gasteiger charge is -2.69. The Balaban J connectivity index is 0.790. The van der Waals surface area contributed by atoms with Gasteiger partial charge in [-0.05, 0) is 115 Å². The third-order valence-electron chi connectivity index (χ3n) is 19.9. The summed E-state index contributed by atoms with van der Waals surface area (Å²) in [4.78, 5) is 13.7. The van der Waals surface area contributed by atoms with Crippen LogP contribution in [0.3, 0.4) is 0 Å². The first-order valence-corrected chi connectivity index (χ1v) is 27.4. The van der Waals surface area contributed by atoms with E-state index in [1.807, 2.05) is 20.8 Å². The molecular formula is C55H86O20. The van der Waals surface area contributed by atoms with E-state index in [1.54, 1.807) is 58.4 Å². The minimum atomic E-state index is -1.88. The van der Waals surface area contributed by atoms with Crippen molar-refractivity contribution < 1.29 is 97.4 Å². The lowest BCUT2D eigenvalue weighted by molar-refractivity contribution is -0.356. The first-order chi connectivity index (χ1) is 35.5. The summed E-state index contributed by atoms with van der Waals surface area (Å²) in [5.74, 6) is -1.04. The Labute approximate surface area is 440 Å². The molecule has 8 aliphatic rings. The Morgan fingerprint density at radius 2 is 1.23 bits per heavy atom. The highest BCUT2D eigenvalue weighted by molar-refractivity contribution is 5.89. The number of aliphatic hydroxyl groups excluding tert-OH is 4. The number of esters is 1. The number of hydrogen-bond acceptors (Lipinski definition) is 20. The highest BCUT2D eigenvalue weighted by Crippen LogP contribution is 2.72. The van der Waals surface area contributed by atoms with Crippen molar-refractivity contribution in [1.29, 1.82) is 0 Å². The number of aliphatic hydroxyl groups is 7. The van der Waals surface area contributed by atoms with Gasteiger partial charge >= 0.3 is 5.97 Å². The lowest BCUT2D eigenvalue weighted by Crippen LogP contribution is -2.79. The molecule has 9 rings (SSSR count). The molecule has 20 heteroatoms. The maximum absolute atomic E-state index is 13.7. The number of benzene rings is 1. The van der Waals surface area contributed by atoms with Gasteiger partial charge in [0.1, 0.15) is 53.9 Å². The zero-order valence-electron chi connectivity index (χ0n) is 45.3. The average Bonchev–Trinajstić information content (AvgIpc) is 3.77. The van der Waals surface area contributed by atoms with Crippen LogP contribution in [-0.2, 0) is 56.8 Å². The Kier molecular flexibility index (Phi) is 17.0. The van der Waals surface area contributed by atoms with Gasteiger partial charge in [-0.3, -0.25) is 0 Å². The lowest BCUT2D eigenvalue weighted by atomic mass is 9.40. The van der Waals surface area contributed by atoms with Crippen LogP contribution >= 0.6 is 0 Å². The fraction of sp³-hybridized carbons (Fsp3) is 0.873. The van der Waals surface area contributed by atoms with Gasteiger partial charge in [0.05, 0.1) is 71.5 Å². The van der Waals surface area contributed by atoms with E-state index in [0.717, 1.165) is 0 Å². The smallest absolute Gasteiger partial charge is 0.338 e. The molecule has 27 atom stereocenters. The van der Waals surface area contributed by atoms with Crippen LogP contribution in [0, 0.1) is 22.7 Å². The van der Waals surface area contributed by atoms with Crippen molar-refractivity contribution in [2.75, 3.05) is 21.3 Å². The van der Waals surface area contributed by atoms with Crippen LogP contribution < -0.4 is 0 Å². The van der Waals surface area contributed by atoms with Gasteiger partial charge in [-0.25, -0.2) is 4.79 Å². The van der Waals surface area contributed by atoms with E-state index < -0.39 is 156 Å². The molecular weight excluding hydrogens is 981 g/mol. The molecule has 8 fully saturated rings. The summed E-state index contributed by atoms with van der Waals surface area (Å²) in [6.07, 6.45) is -11.4. The van der Waals surface area contributed by atoms with Gasteiger partial charge < -0.3 is 92.6 Å². The molecule has 426 valence electrons. The first-order valence-electron chi connectivity index (χ1n) is 27.4. The van der Waals surface area contributed by atoms with E-state index in [2.05, 4.69) is 6.92 Å². The van der Waals surface area contributed by atoms with Gasteiger partial charge in [-0.15, -0.1) is 0 Å². The fourth-order valence-corrected chi connectivity index (χ4v) is 15.4. The van der Waals surface area contributed by atoms with E-state index in [4.69, 9.17) is 56.8 Å². The van der Waals surface area contributed by atoms with Gasteiger partial charge in [-0.1, -0.05) is 32.0 Å². The molecule has 1 aromatic carbocycles. The molecule has 0 bridgehead atoms. The molecule has 0 amide bonds. The number of carbonyl (C=O) groups excluding carboxylic acids is 1. The summed E-state index contributed by atoms with van der Waals surface area (Å²) in [6.45, 7) is 12.5. The van der Waals surface area contributed by atoms with Crippen LogP contribution in [0.15, 0.2) is 30.3 Å². The van der Waals surface area contributed by atoms with Crippen LogP contribution in [0.25, 0.3) is 0 Å². The van der Waals surface area contributed by atoms with Crippen molar-refractivity contribution in [3.8, 4) is 0 Å². The van der Waals surface area contributed by atoms with E-state index in [1.165, 1.54) is 14.0 Å². The van der Waals surface area contributed by atoms with Crippen molar-refractivity contribution in [2.24, 2.45) is 22.7 Å². The standard InChI is InChI=1S/C55H86O20/c1-27-43(58)48(66-10)44(59)50(70-27)75-47-30(4)69-42(25-37(47)65-9)74-46-29(3)68-41(24-36(46)64-8)73-45-28(2)67-40(23-35(45)57)71-34-17-18-51(6)33(22-34)16-19-54(62)38(51)26-39(72-49(60)32-14-12-11-13-15-32)52(7)53(61,31(5)56)20-21-55(52,54)63/h11-15,27-31,33-48,50,56-59,61-63H,16-26H2,1-10H3/t27-,28-,29-,30-,31?,33+,34+,35+,36+,37-,38-,39-,40+,41+,42+,43-,44-,45-,46-,47-,48+,50+,51+,52-,53-,54+,55-/m1/s1. The van der Waals surface area contributed by atoms with Crippen LogP contribution in [0.2, 0.25) is 0 Å². The quantitative estimate of drug-likeness (QED) is 0.104. The largest absolute Gasteiger partial charge is 0.458 e. The molecule has 1 unspecified atom stereocenters. The highest BCUT2D eigenvalue weighted by Gasteiger charge is 2.81. The topological polar surface area (TPSA) is 269 Å². The second-order valence-corrected chi connectivity index (χ2v) is 23.7. The molecule has 1 aromatic rings. The Hall–Kier alpha value is -2.03. The zero-order valence-corrected chi connectivity index (χ0v) is 45.3. The number of methoxy groups -OCH3 is 3. The van der Waals surface area contributed by atoms with Crippen molar-refractivity contribution in [3.63, 3.8) is 0 Å². The van der Waals surface area contributed by atoms with Gasteiger partial charge in [0, 0.05) is 40.6 Å². The maximum atomic E-state index is 13.7. The van der Waals surface area contributed by atoms with E-state index in [-0.39, 0.29) is 57.0 Å². The van der Waals surface area contributed by atoms with Crippen molar-refractivity contribution in [1.82, 2.24) is 0 Å². The van der Waals surface area contributed by atoms with E-state index >= 15 is 0 Å². The van der Waals surface area contributed by atoms with E-state index in [0.29, 0.717) is 31.2 Å². The third kappa shape index (κ3) is 9.97. The summed E-state index contributed by atoms with van der Waals surface area (Å²) in [7, 11) is 4.57. The molecule has 4 aliphatic carbocycles. The molecule has 4 heterocycles. The molecule has 7 N–H and O–H groups in total. The van der Waals surface area contributed by atoms with Crippen LogP contribution in [0.4, 0.5) is 0 Å². The van der Waals surface area contributed by atoms with Crippen molar-refractivity contribution in [2.45, 2.75) is 259 Å². The molecule has 75 heavy (non-hydrogen) atoms. The first kappa shape index (κ1) is 57.6. The van der Waals surface area contributed by atoms with Gasteiger partial charge in [0.2, 0.25) is 0 Å². The minimum absolute atomic E-state index is 0.0241. The number of fused-ring (bicyclic) bond motifs is 5. The predicted octanol–water partition coefficient (Wildman–Crippen LogP) is 3.02. The molecule has 0 spiro atoms. The maximum Gasteiger partial charge on any atom is 0.338 e. The molecule has 4 aliphatic heterocycles. The second-order valence-electron chi connectivity index (χ2n) is 23.7. The zero-order chi connectivity index (χ0) is 54.2. The number of rotatable bonds is 14. The molecule has 20 nitrogen and oxygen atoms in total. The monoisotopic (exact) mass is 1070 g/mol. The normalized spacial score (nSPS) is 51.5. The van der Waals surface area contributed by atoms with Crippen molar-refractivity contribution >= 4 is 5.97 Å². The third-order valence-corrected chi connectivity index (χ3v) is 19.9. The summed E-state index contributed by atoms with van der Waals surface area (Å²) in [5.41, 5.74) is -7.12. The van der Waals surface area contributed by atoms with Gasteiger partial charge in [0.15, 0.2) is 25.2 Å². The van der Waals surface area contributed by atoms with E-state index in [9.17, 15) is 40.5 Å². The Bertz CT molecular complexity index is 2080. The molecule has 4 saturated heterocycles. The van der Waals surface area contributed by atoms with Crippen molar-refractivity contribution in [3.05, 3.63) is 35.9 Å². The second kappa shape index (κ2) is 22.1. The molecule has 4 saturated carbocycles. The SMILES string of the molecule is CO[C@@H]1[C@@H](O)[C@H](O[C@@H]2[C@@H](C)O[C@@H](O[C@H]3[C@@H](OC)C[C@H](O[C@H]4[C@@H](O)C[C@H](O[C@H]5CC[C@@]6(C)[C@@H](CC[C@]7(O)[C@@H]6C[C@@H](OC(=O)c6ccccc6)[C@@]6(C)[C@]7(O)CC[C@@]6(O)C(C)O)C5)O[C@@H]4C)O[C@@H]3C)C[C@H]2OC)O[C@H](C)[C@H]1O. The molecule has 0 radical (unpaired) electrons. The van der Waals surface area contributed by atoms with Gasteiger partial charge in [0.25, 0.3) is 0 Å². The number of ether oxygens (including phenoxy) is 12. The summed E-state index contributed by atoms with van der Waals surface area (Å²) < 4.78 is 74.3. The summed E-state index contributed by atoms with van der Waals surface area (Å²) in [6, 6.07) is 8.58. The molecule has 0 aromatic heterocycles. The number of carbonyl (C=O) groups is 1. The summed E-state index contributed by atoms with van der Waals surface area (Å²) >= 11 is 0. The minimum Gasteiger partial charge on any atom is -0.458 e. The average molecular weight is 1070 g/mol.